The first-order valence-electron chi connectivity index (χ1n) is 2.55. The van der Waals surface area contributed by atoms with E-state index in [1.54, 1.807) is 0 Å². The maximum Gasteiger partial charge on any atom is 0.407 e. The topological polar surface area (TPSA) is 38.3 Å². The van der Waals surface area contributed by atoms with Crippen LogP contribution in [0.2, 0.25) is 0 Å². The van der Waals surface area contributed by atoms with Crippen LogP contribution in [0.25, 0.3) is 0 Å². The van der Waals surface area contributed by atoms with Gasteiger partial charge >= 0.3 is 6.09 Å². The van der Waals surface area contributed by atoms with Crippen LogP contribution in [0.15, 0.2) is 0 Å². The Kier molecular flexibility index (Phi) is 1.37. The first-order chi connectivity index (χ1) is 3.83. The minimum absolute atomic E-state index is 0.141. The van der Waals surface area contributed by atoms with Crippen molar-refractivity contribution in [3.63, 3.8) is 0 Å². The van der Waals surface area contributed by atoms with Crippen molar-refractivity contribution in [3.8, 4) is 0 Å². The van der Waals surface area contributed by atoms with Crippen LogP contribution in [0.4, 0.5) is 4.79 Å². The Hall–Kier alpha value is -0.730. The number of alkyl carbamates (subject to hydrolysis) is 1. The van der Waals surface area contributed by atoms with E-state index >= 15 is 0 Å². The molecule has 1 amide bonds. The zero-order chi connectivity index (χ0) is 5.98. The molecule has 0 bridgehead atoms. The molecule has 45 valence electrons. The van der Waals surface area contributed by atoms with Gasteiger partial charge in [-0.3, -0.25) is 0 Å². The molecule has 0 aliphatic carbocycles. The van der Waals surface area contributed by atoms with Crippen LogP contribution in [0.5, 0.6) is 0 Å². The van der Waals surface area contributed by atoms with Crippen molar-refractivity contribution in [1.82, 2.24) is 5.32 Å². The van der Waals surface area contributed by atoms with Gasteiger partial charge in [0.25, 0.3) is 0 Å². The number of rotatable bonds is 1. The van der Waals surface area contributed by atoms with Gasteiger partial charge in [-0.15, -0.1) is 0 Å². The fraction of sp³-hybridized carbons (Fsp3) is 0.600. The number of amides is 1. The van der Waals surface area contributed by atoms with Crippen molar-refractivity contribution in [3.05, 3.63) is 6.92 Å². The summed E-state index contributed by atoms with van der Waals surface area (Å²) in [5.41, 5.74) is 0. The van der Waals surface area contributed by atoms with Crippen LogP contribution in [0.3, 0.4) is 0 Å². The van der Waals surface area contributed by atoms with E-state index in [0.717, 1.165) is 0 Å². The van der Waals surface area contributed by atoms with Crippen LogP contribution in [0.1, 0.15) is 6.42 Å². The molecule has 8 heavy (non-hydrogen) atoms. The second kappa shape index (κ2) is 2.03. The quantitative estimate of drug-likeness (QED) is 0.533. The highest BCUT2D eigenvalue weighted by atomic mass is 16.6. The standard InChI is InChI=1S/C5H8NO2/c1-2-4-3-8-5(7)6-4/h4H,1-3H2,(H,6,7). The molecule has 1 atom stereocenters. The molecule has 3 heteroatoms. The molecule has 1 unspecified atom stereocenters. The Morgan fingerprint density at radius 3 is 3.00 bits per heavy atom. The summed E-state index contributed by atoms with van der Waals surface area (Å²) in [4.78, 5) is 10.3. The number of carbonyl (C=O) groups excluding carboxylic acids is 1. The second-order valence-electron chi connectivity index (χ2n) is 1.73. The third-order valence-electron chi connectivity index (χ3n) is 1.09. The van der Waals surface area contributed by atoms with E-state index in [1.807, 2.05) is 0 Å². The molecule has 1 fully saturated rings. The number of carbonyl (C=O) groups is 1. The van der Waals surface area contributed by atoms with E-state index in [1.165, 1.54) is 0 Å². The maximum atomic E-state index is 10.3. The summed E-state index contributed by atoms with van der Waals surface area (Å²) in [6.45, 7) is 4.08. The monoisotopic (exact) mass is 114 g/mol. The molecule has 0 aromatic heterocycles. The van der Waals surface area contributed by atoms with Crippen LogP contribution >= 0.6 is 0 Å². The summed E-state index contributed by atoms with van der Waals surface area (Å²) in [6.07, 6.45) is 0.379. The first-order valence-corrected chi connectivity index (χ1v) is 2.55. The highest BCUT2D eigenvalue weighted by molar-refractivity contribution is 5.69. The third kappa shape index (κ3) is 0.911. The molecule has 1 aliphatic rings. The van der Waals surface area contributed by atoms with Gasteiger partial charge in [-0.05, 0) is 6.42 Å². The van der Waals surface area contributed by atoms with Crippen LogP contribution < -0.4 is 5.32 Å². The highest BCUT2D eigenvalue weighted by Crippen LogP contribution is 1.99. The van der Waals surface area contributed by atoms with Crippen LogP contribution in [-0.2, 0) is 4.74 Å². The van der Waals surface area contributed by atoms with Gasteiger partial charge in [0.05, 0.1) is 6.04 Å². The zero-order valence-corrected chi connectivity index (χ0v) is 4.52. The molecule has 1 heterocycles. The first kappa shape index (κ1) is 5.41. The summed E-state index contributed by atoms with van der Waals surface area (Å²) in [5, 5.41) is 2.58. The average Bonchev–Trinajstić information content (AvgIpc) is 2.14. The van der Waals surface area contributed by atoms with Crippen molar-refractivity contribution >= 4 is 6.09 Å². The minimum atomic E-state index is -0.321. The molecular weight excluding hydrogens is 106 g/mol. The van der Waals surface area contributed by atoms with Gasteiger partial charge in [0.2, 0.25) is 0 Å². The lowest BCUT2D eigenvalue weighted by Gasteiger charge is -1.97. The Balaban J connectivity index is 2.32. The largest absolute Gasteiger partial charge is 0.447 e. The third-order valence-corrected chi connectivity index (χ3v) is 1.09. The number of hydrogen-bond acceptors (Lipinski definition) is 2. The number of ether oxygens (including phenoxy) is 1. The molecule has 1 radical (unpaired) electrons. The van der Waals surface area contributed by atoms with E-state index in [-0.39, 0.29) is 12.1 Å². The summed E-state index contributed by atoms with van der Waals surface area (Å²) < 4.78 is 4.57. The Labute approximate surface area is 48.0 Å². The molecular formula is C5H8NO2. The van der Waals surface area contributed by atoms with Gasteiger partial charge in [0, 0.05) is 0 Å². The van der Waals surface area contributed by atoms with Crippen molar-refractivity contribution in [2.24, 2.45) is 0 Å². The van der Waals surface area contributed by atoms with Crippen LogP contribution in [-0.4, -0.2) is 18.7 Å². The van der Waals surface area contributed by atoms with E-state index in [0.29, 0.717) is 13.0 Å². The van der Waals surface area contributed by atoms with Gasteiger partial charge in [0.1, 0.15) is 6.61 Å². The minimum Gasteiger partial charge on any atom is -0.447 e. The molecule has 0 aromatic carbocycles. The summed E-state index contributed by atoms with van der Waals surface area (Å²) in [7, 11) is 0. The summed E-state index contributed by atoms with van der Waals surface area (Å²) >= 11 is 0. The molecule has 3 nitrogen and oxygen atoms in total. The lowest BCUT2D eigenvalue weighted by molar-refractivity contribution is 0.177. The second-order valence-corrected chi connectivity index (χ2v) is 1.73. The van der Waals surface area contributed by atoms with Crippen molar-refractivity contribution < 1.29 is 9.53 Å². The SMILES string of the molecule is [CH2]CC1COC(=O)N1. The van der Waals surface area contributed by atoms with E-state index in [9.17, 15) is 4.79 Å². The molecule has 1 N–H and O–H groups in total. The zero-order valence-electron chi connectivity index (χ0n) is 4.52. The maximum absolute atomic E-state index is 10.3. The van der Waals surface area contributed by atoms with Gasteiger partial charge in [-0.25, -0.2) is 4.79 Å². The van der Waals surface area contributed by atoms with Crippen molar-refractivity contribution in [2.45, 2.75) is 12.5 Å². The summed E-state index contributed by atoms with van der Waals surface area (Å²) in [5.74, 6) is 0. The number of hydrogen-bond donors (Lipinski definition) is 1. The van der Waals surface area contributed by atoms with Crippen molar-refractivity contribution in [2.75, 3.05) is 6.61 Å². The Morgan fingerprint density at radius 1 is 2.00 bits per heavy atom. The van der Waals surface area contributed by atoms with Crippen LogP contribution in [0, 0.1) is 6.92 Å². The molecule has 1 saturated heterocycles. The lowest BCUT2D eigenvalue weighted by Crippen LogP contribution is -2.24. The fourth-order valence-corrected chi connectivity index (χ4v) is 0.582. The van der Waals surface area contributed by atoms with E-state index in [2.05, 4.69) is 17.0 Å². The molecule has 1 aliphatic heterocycles. The van der Waals surface area contributed by atoms with Gasteiger partial charge in [-0.1, -0.05) is 6.92 Å². The lowest BCUT2D eigenvalue weighted by atomic mass is 10.3. The predicted molar refractivity (Wildman–Crippen MR) is 28.2 cm³/mol. The Morgan fingerprint density at radius 2 is 2.75 bits per heavy atom. The number of cyclic esters (lactones) is 1. The smallest absolute Gasteiger partial charge is 0.407 e. The van der Waals surface area contributed by atoms with Crippen molar-refractivity contribution in [1.29, 1.82) is 0 Å². The van der Waals surface area contributed by atoms with Gasteiger partial charge < -0.3 is 10.1 Å². The fourth-order valence-electron chi connectivity index (χ4n) is 0.582. The summed E-state index contributed by atoms with van der Waals surface area (Å²) in [6, 6.07) is 0.141. The van der Waals surface area contributed by atoms with Gasteiger partial charge in [0.15, 0.2) is 0 Å². The molecule has 1 rings (SSSR count). The normalized spacial score (nSPS) is 27.1. The highest BCUT2D eigenvalue weighted by Gasteiger charge is 2.19. The predicted octanol–water partition coefficient (Wildman–Crippen LogP) is 0.319. The number of nitrogens with one attached hydrogen (secondary N) is 1. The van der Waals surface area contributed by atoms with E-state index in [4.69, 9.17) is 0 Å². The Bertz CT molecular complexity index is 103. The molecule has 0 spiro atoms. The van der Waals surface area contributed by atoms with E-state index < -0.39 is 0 Å². The van der Waals surface area contributed by atoms with Gasteiger partial charge in [-0.2, -0.15) is 0 Å². The average molecular weight is 114 g/mol. The molecule has 0 aromatic rings. The molecule has 0 saturated carbocycles.